The molecule has 3 heteroatoms. The van der Waals surface area contributed by atoms with Crippen LogP contribution in [0.5, 0.6) is 0 Å². The highest BCUT2D eigenvalue weighted by Gasteiger charge is 2.27. The van der Waals surface area contributed by atoms with E-state index in [0.717, 1.165) is 42.9 Å². The predicted octanol–water partition coefficient (Wildman–Crippen LogP) is 8.40. The highest BCUT2D eigenvalue weighted by molar-refractivity contribution is 7.99. The Hall–Kier alpha value is 0.270. The summed E-state index contributed by atoms with van der Waals surface area (Å²) in [5, 5.41) is 0. The van der Waals surface area contributed by atoms with E-state index in [0.29, 0.717) is 10.8 Å². The van der Waals surface area contributed by atoms with Gasteiger partial charge in [-0.2, -0.15) is 11.8 Å². The molecule has 0 radical (unpaired) electrons. The molecule has 3 fully saturated rings. The Bertz CT molecular complexity index is 413. The lowest BCUT2D eigenvalue weighted by Crippen LogP contribution is -2.33. The molecule has 0 atom stereocenters. The summed E-state index contributed by atoms with van der Waals surface area (Å²) in [7, 11) is 4.42. The van der Waals surface area contributed by atoms with Crippen LogP contribution >= 0.6 is 11.8 Å². The van der Waals surface area contributed by atoms with E-state index >= 15 is 0 Å². The van der Waals surface area contributed by atoms with E-state index in [1.54, 1.807) is 0 Å². The zero-order chi connectivity index (χ0) is 24.4. The average molecular weight is 470 g/mol. The number of thioether (sulfide) groups is 1. The van der Waals surface area contributed by atoms with Gasteiger partial charge in [0.15, 0.2) is 0 Å². The molecule has 1 saturated carbocycles. The van der Waals surface area contributed by atoms with Crippen molar-refractivity contribution in [3.8, 4) is 0 Å². The smallest absolute Gasteiger partial charge is 0.0468 e. The third-order valence-corrected chi connectivity index (χ3v) is 9.36. The van der Waals surface area contributed by atoms with Crippen LogP contribution in [0.25, 0.3) is 0 Å². The van der Waals surface area contributed by atoms with E-state index in [1.807, 2.05) is 0 Å². The Kier molecular flexibility index (Phi) is 13.8. The van der Waals surface area contributed by atoms with E-state index in [-0.39, 0.29) is 0 Å². The maximum atomic E-state index is 5.29. The van der Waals surface area contributed by atoms with Gasteiger partial charge in [0, 0.05) is 19.3 Å². The quantitative estimate of drug-likeness (QED) is 0.403. The lowest BCUT2D eigenvalue weighted by atomic mass is 9.76. The highest BCUT2D eigenvalue weighted by Crippen LogP contribution is 2.36. The number of hydrogen-bond acceptors (Lipinski definition) is 3. The van der Waals surface area contributed by atoms with Crippen LogP contribution < -0.4 is 0 Å². The minimum absolute atomic E-state index is 0.490. The second kappa shape index (κ2) is 14.6. The van der Waals surface area contributed by atoms with Gasteiger partial charge in [0.05, 0.1) is 0 Å². The van der Waals surface area contributed by atoms with Crippen molar-refractivity contribution in [3.05, 3.63) is 0 Å². The van der Waals surface area contributed by atoms with Crippen LogP contribution in [-0.2, 0) is 4.74 Å². The van der Waals surface area contributed by atoms with Crippen LogP contribution in [0.3, 0.4) is 0 Å². The fourth-order valence-electron chi connectivity index (χ4n) is 5.41. The molecule has 2 saturated heterocycles. The number of rotatable bonds is 2. The summed E-state index contributed by atoms with van der Waals surface area (Å²) in [5.74, 6) is 6.54. The Morgan fingerprint density at radius 2 is 1.12 bits per heavy atom. The monoisotopic (exact) mass is 469 g/mol. The third-order valence-electron chi connectivity index (χ3n) is 8.31. The van der Waals surface area contributed by atoms with Crippen molar-refractivity contribution < 1.29 is 4.74 Å². The standard InChI is InChI=1S/C11H23N.C9H18O.C9H18S/c1-9(2)10-5-7-11(8-6-10)12(3)4;2*1-9(2,3)8-4-6-10-7-5-8/h9-11H,5-8H2,1-4H3;2*8H,4-7H2,1-3H3. The third kappa shape index (κ3) is 12.1. The lowest BCUT2D eigenvalue weighted by Gasteiger charge is -2.34. The molecule has 0 spiro atoms. The van der Waals surface area contributed by atoms with Crippen LogP contribution in [0.2, 0.25) is 0 Å². The average Bonchev–Trinajstić information content (AvgIpc) is 2.75. The summed E-state index contributed by atoms with van der Waals surface area (Å²) in [6, 6.07) is 0.861. The molecule has 2 aliphatic heterocycles. The molecule has 2 heterocycles. The molecule has 0 N–H and O–H groups in total. The fraction of sp³-hybridized carbons (Fsp3) is 1.00. The molecule has 3 aliphatic rings. The van der Waals surface area contributed by atoms with Crippen LogP contribution in [-0.4, -0.2) is 49.8 Å². The summed E-state index contributed by atoms with van der Waals surface area (Å²) in [4.78, 5) is 2.39. The Morgan fingerprint density at radius 1 is 0.688 bits per heavy atom. The van der Waals surface area contributed by atoms with Crippen molar-refractivity contribution in [1.29, 1.82) is 0 Å². The zero-order valence-corrected chi connectivity index (χ0v) is 24.5. The van der Waals surface area contributed by atoms with Crippen molar-refractivity contribution in [2.75, 3.05) is 38.8 Å². The van der Waals surface area contributed by atoms with Crippen molar-refractivity contribution in [2.45, 2.75) is 113 Å². The van der Waals surface area contributed by atoms with Crippen LogP contribution in [0, 0.1) is 34.5 Å². The normalized spacial score (nSPS) is 26.2. The Balaban J connectivity index is 0.000000241. The van der Waals surface area contributed by atoms with Crippen molar-refractivity contribution in [2.24, 2.45) is 34.5 Å². The summed E-state index contributed by atoms with van der Waals surface area (Å²) in [6.07, 6.45) is 11.1. The molecule has 0 bridgehead atoms. The van der Waals surface area contributed by atoms with Gasteiger partial charge in [-0.15, -0.1) is 0 Å². The second-order valence-electron chi connectivity index (χ2n) is 13.3. The molecule has 0 aromatic carbocycles. The molecule has 0 amide bonds. The molecule has 3 rings (SSSR count). The molecule has 1 aliphatic carbocycles. The molecular formula is C29H59NOS. The van der Waals surface area contributed by atoms with Gasteiger partial charge in [-0.1, -0.05) is 55.4 Å². The molecule has 0 aromatic heterocycles. The maximum Gasteiger partial charge on any atom is 0.0468 e. The predicted molar refractivity (Wildman–Crippen MR) is 147 cm³/mol. The first-order valence-electron chi connectivity index (χ1n) is 13.6. The first kappa shape index (κ1) is 30.3. The van der Waals surface area contributed by atoms with Crippen LogP contribution in [0.15, 0.2) is 0 Å². The van der Waals surface area contributed by atoms with E-state index in [4.69, 9.17) is 4.74 Å². The van der Waals surface area contributed by atoms with Crippen LogP contribution in [0.1, 0.15) is 107 Å². The van der Waals surface area contributed by atoms with Gasteiger partial charge in [-0.3, -0.25) is 0 Å². The first-order chi connectivity index (χ1) is 14.8. The number of nitrogens with zero attached hydrogens (tertiary/aromatic N) is 1. The fourth-order valence-corrected chi connectivity index (χ4v) is 6.52. The minimum Gasteiger partial charge on any atom is -0.381 e. The highest BCUT2D eigenvalue weighted by atomic mass is 32.2. The van der Waals surface area contributed by atoms with Gasteiger partial charge in [0.2, 0.25) is 0 Å². The van der Waals surface area contributed by atoms with E-state index in [9.17, 15) is 0 Å². The first-order valence-corrected chi connectivity index (χ1v) is 14.8. The SMILES string of the molecule is CC(C)(C)C1CCOCC1.CC(C)(C)C1CCSCC1.CC(C)C1CCC(N(C)C)CC1. The lowest BCUT2D eigenvalue weighted by molar-refractivity contribution is 0.0286. The van der Waals surface area contributed by atoms with E-state index in [2.05, 4.69) is 86.1 Å². The topological polar surface area (TPSA) is 12.5 Å². The largest absolute Gasteiger partial charge is 0.381 e. The van der Waals surface area contributed by atoms with Crippen molar-refractivity contribution in [1.82, 2.24) is 4.90 Å². The van der Waals surface area contributed by atoms with Gasteiger partial charge in [-0.25, -0.2) is 0 Å². The molecule has 192 valence electrons. The van der Waals surface area contributed by atoms with Gasteiger partial charge in [-0.05, 0) is 111 Å². The van der Waals surface area contributed by atoms with Gasteiger partial charge in [0.1, 0.15) is 0 Å². The molecule has 0 unspecified atom stereocenters. The Morgan fingerprint density at radius 3 is 1.44 bits per heavy atom. The van der Waals surface area contributed by atoms with Crippen molar-refractivity contribution >= 4 is 11.8 Å². The Labute approximate surface area is 207 Å². The minimum atomic E-state index is 0.490. The van der Waals surface area contributed by atoms with Crippen molar-refractivity contribution in [3.63, 3.8) is 0 Å². The van der Waals surface area contributed by atoms with Gasteiger partial charge in [0.25, 0.3) is 0 Å². The molecular weight excluding hydrogens is 410 g/mol. The van der Waals surface area contributed by atoms with Crippen LogP contribution in [0.4, 0.5) is 0 Å². The molecule has 32 heavy (non-hydrogen) atoms. The van der Waals surface area contributed by atoms with Gasteiger partial charge < -0.3 is 9.64 Å². The summed E-state index contributed by atoms with van der Waals surface area (Å²) in [6.45, 7) is 20.7. The molecule has 2 nitrogen and oxygen atoms in total. The summed E-state index contributed by atoms with van der Waals surface area (Å²) < 4.78 is 5.29. The van der Waals surface area contributed by atoms with Gasteiger partial charge >= 0.3 is 0 Å². The number of ether oxygens (including phenoxy) is 1. The zero-order valence-electron chi connectivity index (χ0n) is 23.6. The summed E-state index contributed by atoms with van der Waals surface area (Å²) in [5.41, 5.74) is 1.05. The molecule has 0 aromatic rings. The maximum absolute atomic E-state index is 5.29. The number of hydrogen-bond donors (Lipinski definition) is 0. The summed E-state index contributed by atoms with van der Waals surface area (Å²) >= 11 is 2.11. The van der Waals surface area contributed by atoms with E-state index in [1.165, 1.54) is 62.9 Å². The van der Waals surface area contributed by atoms with E-state index < -0.39 is 0 Å². The second-order valence-corrected chi connectivity index (χ2v) is 14.5.